The first-order valence-electron chi connectivity index (χ1n) is 17.1. The molecule has 2 heteroatoms. The van der Waals surface area contributed by atoms with Gasteiger partial charge in [0.2, 0.25) is 0 Å². The highest BCUT2D eigenvalue weighted by molar-refractivity contribution is 6.34. The molecule has 0 amide bonds. The fraction of sp³-hybridized carbons (Fsp3) is 0.0426. The summed E-state index contributed by atoms with van der Waals surface area (Å²) in [4.78, 5) is 4.96. The van der Waals surface area contributed by atoms with Crippen molar-refractivity contribution in [3.63, 3.8) is 0 Å². The topological polar surface area (TPSA) is 17.8 Å². The van der Waals surface area contributed by atoms with Crippen LogP contribution in [0.5, 0.6) is 0 Å². The van der Waals surface area contributed by atoms with Gasteiger partial charge >= 0.3 is 0 Å². The van der Waals surface area contributed by atoms with Gasteiger partial charge in [-0.2, -0.15) is 0 Å². The zero-order valence-corrected chi connectivity index (χ0v) is 27.2. The van der Waals surface area contributed by atoms with Crippen LogP contribution in [0.2, 0.25) is 0 Å². The van der Waals surface area contributed by atoms with E-state index in [1.54, 1.807) is 0 Å². The van der Waals surface area contributed by atoms with Crippen LogP contribution in [-0.4, -0.2) is 9.55 Å². The van der Waals surface area contributed by atoms with E-state index in [1.165, 1.54) is 81.6 Å². The Morgan fingerprint density at radius 1 is 0.429 bits per heavy atom. The van der Waals surface area contributed by atoms with Crippen molar-refractivity contribution in [1.82, 2.24) is 9.55 Å². The van der Waals surface area contributed by atoms with Crippen LogP contribution < -0.4 is 0 Å². The van der Waals surface area contributed by atoms with Crippen molar-refractivity contribution in [3.8, 4) is 33.6 Å². The SMILES string of the molecule is CCn1c(-c2ccc(-c3ccc(-c4cc5cccc6c7ccccc7c7ccccc7c7cccc4c7c56)cc3)cc2)nc2ccccc21. The van der Waals surface area contributed by atoms with Crippen molar-refractivity contribution >= 4 is 64.9 Å². The Kier molecular flexibility index (Phi) is 6.19. The molecule has 0 saturated carbocycles. The van der Waals surface area contributed by atoms with Gasteiger partial charge in [0.15, 0.2) is 0 Å². The van der Waals surface area contributed by atoms with Crippen molar-refractivity contribution in [2.45, 2.75) is 13.5 Å². The molecule has 0 aliphatic heterocycles. The smallest absolute Gasteiger partial charge is 0.141 e. The Morgan fingerprint density at radius 3 is 1.57 bits per heavy atom. The summed E-state index contributed by atoms with van der Waals surface area (Å²) in [7, 11) is 0. The van der Waals surface area contributed by atoms with E-state index in [1.807, 2.05) is 0 Å². The van der Waals surface area contributed by atoms with Crippen LogP contribution in [-0.2, 0) is 6.54 Å². The maximum Gasteiger partial charge on any atom is 0.141 e. The van der Waals surface area contributed by atoms with Gasteiger partial charge in [-0.3, -0.25) is 0 Å². The number of aryl methyl sites for hydroxylation is 1. The molecule has 10 aromatic rings. The minimum absolute atomic E-state index is 0.880. The van der Waals surface area contributed by atoms with E-state index in [2.05, 4.69) is 175 Å². The molecule has 0 aliphatic rings. The highest BCUT2D eigenvalue weighted by atomic mass is 15.1. The Labute approximate surface area is 284 Å². The van der Waals surface area contributed by atoms with Crippen molar-refractivity contribution in [3.05, 3.63) is 164 Å². The normalized spacial score (nSPS) is 11.9. The van der Waals surface area contributed by atoms with Crippen molar-refractivity contribution < 1.29 is 0 Å². The van der Waals surface area contributed by atoms with Crippen LogP contribution in [0.25, 0.3) is 98.5 Å². The number of fused-ring (bicyclic) bond motifs is 6. The summed E-state index contributed by atoms with van der Waals surface area (Å²) in [5.41, 5.74) is 8.22. The summed E-state index contributed by atoms with van der Waals surface area (Å²) in [5.74, 6) is 1.02. The molecule has 0 aliphatic carbocycles. The summed E-state index contributed by atoms with van der Waals surface area (Å²) in [5, 5.41) is 12.9. The first-order valence-corrected chi connectivity index (χ1v) is 17.1. The molecule has 10 rings (SSSR count). The van der Waals surface area contributed by atoms with Gasteiger partial charge < -0.3 is 4.57 Å². The zero-order chi connectivity index (χ0) is 32.5. The fourth-order valence-electron chi connectivity index (χ4n) is 8.11. The van der Waals surface area contributed by atoms with Gasteiger partial charge in [-0.05, 0) is 101 Å². The van der Waals surface area contributed by atoms with Crippen molar-refractivity contribution in [2.24, 2.45) is 0 Å². The summed E-state index contributed by atoms with van der Waals surface area (Å²) in [6.07, 6.45) is 0. The zero-order valence-electron chi connectivity index (χ0n) is 27.2. The second-order valence-electron chi connectivity index (χ2n) is 13.0. The minimum Gasteiger partial charge on any atom is -0.324 e. The molecule has 0 spiro atoms. The summed E-state index contributed by atoms with van der Waals surface area (Å²) < 4.78 is 2.29. The molecule has 0 unspecified atom stereocenters. The van der Waals surface area contributed by atoms with Gasteiger partial charge in [0.25, 0.3) is 0 Å². The molecule has 1 aromatic heterocycles. The van der Waals surface area contributed by atoms with Crippen LogP contribution in [0, 0.1) is 0 Å². The van der Waals surface area contributed by atoms with E-state index < -0.39 is 0 Å². The average molecular weight is 625 g/mol. The second kappa shape index (κ2) is 10.9. The molecule has 230 valence electrons. The average Bonchev–Trinajstić information content (AvgIpc) is 3.55. The van der Waals surface area contributed by atoms with Crippen LogP contribution in [0.3, 0.4) is 0 Å². The molecular formula is C47H32N2. The lowest BCUT2D eigenvalue weighted by molar-refractivity contribution is 0.796. The number of aromatic nitrogens is 2. The molecule has 0 radical (unpaired) electrons. The van der Waals surface area contributed by atoms with Crippen molar-refractivity contribution in [2.75, 3.05) is 0 Å². The third kappa shape index (κ3) is 4.24. The largest absolute Gasteiger partial charge is 0.324 e. The quantitative estimate of drug-likeness (QED) is 0.178. The lowest BCUT2D eigenvalue weighted by Gasteiger charge is -2.17. The van der Waals surface area contributed by atoms with Crippen LogP contribution in [0.1, 0.15) is 6.92 Å². The van der Waals surface area contributed by atoms with E-state index in [4.69, 9.17) is 4.98 Å². The lowest BCUT2D eigenvalue weighted by Crippen LogP contribution is -1.97. The maximum absolute atomic E-state index is 4.96. The Morgan fingerprint density at radius 2 is 0.918 bits per heavy atom. The maximum atomic E-state index is 4.96. The van der Waals surface area contributed by atoms with Crippen LogP contribution in [0.15, 0.2) is 164 Å². The predicted octanol–water partition coefficient (Wildman–Crippen LogP) is 12.8. The number of hydrogen-bond acceptors (Lipinski definition) is 1. The number of nitrogens with zero attached hydrogens (tertiary/aromatic N) is 2. The van der Waals surface area contributed by atoms with Crippen molar-refractivity contribution in [1.29, 1.82) is 0 Å². The molecule has 2 nitrogen and oxygen atoms in total. The minimum atomic E-state index is 0.880. The number of imidazole rings is 1. The molecule has 0 bridgehead atoms. The molecule has 0 N–H and O–H groups in total. The van der Waals surface area contributed by atoms with Gasteiger partial charge in [-0.1, -0.05) is 146 Å². The predicted molar refractivity (Wildman–Crippen MR) is 209 cm³/mol. The van der Waals surface area contributed by atoms with E-state index in [9.17, 15) is 0 Å². The first-order chi connectivity index (χ1) is 24.3. The van der Waals surface area contributed by atoms with E-state index in [-0.39, 0.29) is 0 Å². The number of benzene rings is 8. The molecule has 0 atom stereocenters. The Balaban J connectivity index is 1.13. The molecule has 0 saturated heterocycles. The number of rotatable bonds is 4. The highest BCUT2D eigenvalue weighted by Crippen LogP contribution is 2.43. The first kappa shape index (κ1) is 27.8. The third-order valence-corrected chi connectivity index (χ3v) is 10.4. The molecule has 9 aromatic carbocycles. The standard InChI is InChI=1S/C47H32N2/c1-2-49-44-20-8-7-19-43(44)48-47(49)33-27-23-31(24-28-33)30-21-25-32(26-22-30)42-29-34-11-9-16-39-37-14-5-3-12-35(37)36-13-4-6-15-38(36)40-17-10-18-41(42)46(40)45(34)39/h3-29H,2H2,1H3. The van der Waals surface area contributed by atoms with Crippen LogP contribution in [0.4, 0.5) is 0 Å². The highest BCUT2D eigenvalue weighted by Gasteiger charge is 2.16. The number of para-hydroxylation sites is 2. The monoisotopic (exact) mass is 624 g/mol. The van der Waals surface area contributed by atoms with Gasteiger partial charge in [0.05, 0.1) is 11.0 Å². The van der Waals surface area contributed by atoms with Gasteiger partial charge in [-0.15, -0.1) is 0 Å². The summed E-state index contributed by atoms with van der Waals surface area (Å²) >= 11 is 0. The van der Waals surface area contributed by atoms with E-state index >= 15 is 0 Å². The molecule has 49 heavy (non-hydrogen) atoms. The van der Waals surface area contributed by atoms with Gasteiger partial charge in [0, 0.05) is 12.1 Å². The van der Waals surface area contributed by atoms with E-state index in [0.29, 0.717) is 0 Å². The molecule has 1 heterocycles. The Bertz CT molecular complexity index is 2890. The van der Waals surface area contributed by atoms with Gasteiger partial charge in [-0.25, -0.2) is 4.98 Å². The number of hydrogen-bond donors (Lipinski definition) is 0. The Hall–Kier alpha value is -6.25. The second-order valence-corrected chi connectivity index (χ2v) is 13.0. The van der Waals surface area contributed by atoms with Crippen LogP contribution >= 0.6 is 0 Å². The van der Waals surface area contributed by atoms with Gasteiger partial charge in [0.1, 0.15) is 5.82 Å². The molecular weight excluding hydrogens is 593 g/mol. The summed E-state index contributed by atoms with van der Waals surface area (Å²) in [6, 6.07) is 60.1. The fourth-order valence-corrected chi connectivity index (χ4v) is 8.11. The molecule has 0 fully saturated rings. The van der Waals surface area contributed by atoms with E-state index in [0.717, 1.165) is 23.4 Å². The summed E-state index contributed by atoms with van der Waals surface area (Å²) in [6.45, 7) is 3.06. The third-order valence-electron chi connectivity index (χ3n) is 10.4. The lowest BCUT2D eigenvalue weighted by atomic mass is 9.87.